The topological polar surface area (TPSA) is 53.9 Å². The number of rotatable bonds is 5. The Balaban J connectivity index is 2.58. The summed E-state index contributed by atoms with van der Waals surface area (Å²) in [7, 11) is 5.27. The van der Waals surface area contributed by atoms with Gasteiger partial charge in [-0.3, -0.25) is 9.59 Å². The molecular formula is C15H24N3O2+. The molecule has 0 fully saturated rings. The summed E-state index contributed by atoms with van der Waals surface area (Å²) >= 11 is 0. The summed E-state index contributed by atoms with van der Waals surface area (Å²) < 4.78 is 0. The average molecular weight is 278 g/mol. The second-order valence-corrected chi connectivity index (χ2v) is 5.41. The van der Waals surface area contributed by atoms with Crippen molar-refractivity contribution in [2.75, 3.05) is 39.5 Å². The van der Waals surface area contributed by atoms with Gasteiger partial charge in [0.25, 0.3) is 11.8 Å². The fourth-order valence-electron chi connectivity index (χ4n) is 1.95. The molecule has 5 heteroatoms. The number of hydrogen-bond acceptors (Lipinski definition) is 2. The number of benzene rings is 1. The standard InChI is InChI=1S/C15H23N3O2/c1-11-7-6-8-12(2)15(11)16-13(19)9-18(5)10-14(20)17(3)4/h6-8H,9-10H2,1-5H3,(H,16,19)/p+1. The van der Waals surface area contributed by atoms with Crippen LogP contribution in [-0.2, 0) is 9.59 Å². The van der Waals surface area contributed by atoms with Crippen molar-refractivity contribution in [3.05, 3.63) is 29.3 Å². The molecule has 0 spiro atoms. The van der Waals surface area contributed by atoms with Gasteiger partial charge in [0.05, 0.1) is 7.05 Å². The van der Waals surface area contributed by atoms with Gasteiger partial charge in [0.15, 0.2) is 13.1 Å². The Hall–Kier alpha value is -1.88. The summed E-state index contributed by atoms with van der Waals surface area (Å²) in [6, 6.07) is 5.90. The van der Waals surface area contributed by atoms with Crippen LogP contribution in [0.1, 0.15) is 11.1 Å². The first kappa shape index (κ1) is 16.2. The van der Waals surface area contributed by atoms with Crippen LogP contribution in [0.5, 0.6) is 0 Å². The van der Waals surface area contributed by atoms with Gasteiger partial charge in [-0.1, -0.05) is 18.2 Å². The number of carbonyl (C=O) groups is 2. The molecule has 0 aromatic heterocycles. The van der Waals surface area contributed by atoms with Crippen LogP contribution in [0.15, 0.2) is 18.2 Å². The lowest BCUT2D eigenvalue weighted by atomic mass is 10.1. The first-order valence-electron chi connectivity index (χ1n) is 6.68. The van der Waals surface area contributed by atoms with Gasteiger partial charge < -0.3 is 15.1 Å². The third-order valence-electron chi connectivity index (χ3n) is 3.16. The number of aryl methyl sites for hydroxylation is 2. The molecule has 0 aliphatic rings. The molecule has 110 valence electrons. The summed E-state index contributed by atoms with van der Waals surface area (Å²) in [5, 5.41) is 2.93. The number of nitrogens with zero attached hydrogens (tertiary/aromatic N) is 1. The molecule has 0 aliphatic heterocycles. The summed E-state index contributed by atoms with van der Waals surface area (Å²) in [4.78, 5) is 26.0. The van der Waals surface area contributed by atoms with E-state index in [-0.39, 0.29) is 18.4 Å². The number of carbonyl (C=O) groups excluding carboxylic acids is 2. The molecule has 1 atom stereocenters. The maximum absolute atomic E-state index is 12.0. The zero-order chi connectivity index (χ0) is 15.3. The van der Waals surface area contributed by atoms with Gasteiger partial charge in [-0.25, -0.2) is 0 Å². The Morgan fingerprint density at radius 2 is 1.70 bits per heavy atom. The van der Waals surface area contributed by atoms with E-state index in [0.29, 0.717) is 6.54 Å². The first-order valence-corrected chi connectivity index (χ1v) is 6.68. The van der Waals surface area contributed by atoms with Gasteiger partial charge in [0.2, 0.25) is 0 Å². The summed E-state index contributed by atoms with van der Waals surface area (Å²) in [5.74, 6) is -0.0613. The predicted molar refractivity (Wildman–Crippen MR) is 79.9 cm³/mol. The molecular weight excluding hydrogens is 254 g/mol. The van der Waals surface area contributed by atoms with Crippen molar-refractivity contribution in [3.8, 4) is 0 Å². The number of para-hydroxylation sites is 1. The Morgan fingerprint density at radius 1 is 1.15 bits per heavy atom. The number of anilines is 1. The molecule has 0 saturated heterocycles. The van der Waals surface area contributed by atoms with Crippen LogP contribution in [0, 0.1) is 13.8 Å². The normalized spacial score (nSPS) is 11.8. The Bertz CT molecular complexity index is 478. The fourth-order valence-corrected chi connectivity index (χ4v) is 1.95. The van der Waals surface area contributed by atoms with Gasteiger partial charge in [0, 0.05) is 19.8 Å². The van der Waals surface area contributed by atoms with Crippen LogP contribution >= 0.6 is 0 Å². The quantitative estimate of drug-likeness (QED) is 0.787. The molecule has 1 aromatic carbocycles. The molecule has 1 aromatic rings. The molecule has 0 aliphatic carbocycles. The minimum absolute atomic E-state index is 0.0161. The highest BCUT2D eigenvalue weighted by atomic mass is 16.2. The van der Waals surface area contributed by atoms with E-state index in [0.717, 1.165) is 21.7 Å². The van der Waals surface area contributed by atoms with Crippen molar-refractivity contribution in [2.24, 2.45) is 0 Å². The van der Waals surface area contributed by atoms with Crippen molar-refractivity contribution < 1.29 is 14.5 Å². The Kier molecular flexibility index (Phi) is 5.70. The third-order valence-corrected chi connectivity index (χ3v) is 3.16. The van der Waals surface area contributed by atoms with Crippen molar-refractivity contribution in [3.63, 3.8) is 0 Å². The van der Waals surface area contributed by atoms with Crippen LogP contribution < -0.4 is 10.2 Å². The monoisotopic (exact) mass is 278 g/mol. The second kappa shape index (κ2) is 7.05. The SMILES string of the molecule is Cc1cccc(C)c1NC(=O)C[NH+](C)CC(=O)N(C)C. The van der Waals surface area contributed by atoms with Crippen LogP contribution in [0.25, 0.3) is 0 Å². The van der Waals surface area contributed by atoms with Crippen molar-refractivity contribution in [2.45, 2.75) is 13.8 Å². The van der Waals surface area contributed by atoms with Gasteiger partial charge >= 0.3 is 0 Å². The number of quaternary nitrogens is 1. The molecule has 2 N–H and O–H groups in total. The molecule has 20 heavy (non-hydrogen) atoms. The van der Waals surface area contributed by atoms with E-state index >= 15 is 0 Å². The van der Waals surface area contributed by atoms with Crippen molar-refractivity contribution >= 4 is 17.5 Å². The van der Waals surface area contributed by atoms with E-state index in [4.69, 9.17) is 0 Å². The largest absolute Gasteiger partial charge is 0.344 e. The Morgan fingerprint density at radius 3 is 2.20 bits per heavy atom. The van der Waals surface area contributed by atoms with Crippen molar-refractivity contribution in [1.82, 2.24) is 4.90 Å². The molecule has 0 saturated carbocycles. The average Bonchev–Trinajstić information content (AvgIpc) is 2.33. The summed E-state index contributed by atoms with van der Waals surface area (Å²) in [6.07, 6.45) is 0. The van der Waals surface area contributed by atoms with E-state index in [1.807, 2.05) is 39.1 Å². The number of hydrogen-bond donors (Lipinski definition) is 2. The minimum atomic E-state index is -0.0774. The highest BCUT2D eigenvalue weighted by Crippen LogP contribution is 2.18. The van der Waals surface area contributed by atoms with Crippen LogP contribution in [-0.4, -0.2) is 50.9 Å². The predicted octanol–water partition coefficient (Wildman–Crippen LogP) is -0.155. The minimum Gasteiger partial charge on any atom is -0.344 e. The van der Waals surface area contributed by atoms with Crippen LogP contribution in [0.4, 0.5) is 5.69 Å². The highest BCUT2D eigenvalue weighted by Gasteiger charge is 2.16. The van der Waals surface area contributed by atoms with Crippen molar-refractivity contribution in [1.29, 1.82) is 0 Å². The molecule has 0 radical (unpaired) electrons. The maximum atomic E-state index is 12.0. The van der Waals surface area contributed by atoms with Crippen LogP contribution in [0.2, 0.25) is 0 Å². The molecule has 0 bridgehead atoms. The lowest BCUT2D eigenvalue weighted by molar-refractivity contribution is -0.862. The zero-order valence-electron chi connectivity index (χ0n) is 12.9. The zero-order valence-corrected chi connectivity index (χ0v) is 12.9. The van der Waals surface area contributed by atoms with Gasteiger partial charge in [-0.2, -0.15) is 0 Å². The van der Waals surface area contributed by atoms with E-state index in [9.17, 15) is 9.59 Å². The lowest BCUT2D eigenvalue weighted by Crippen LogP contribution is -3.11. The second-order valence-electron chi connectivity index (χ2n) is 5.41. The van der Waals surface area contributed by atoms with Crippen LogP contribution in [0.3, 0.4) is 0 Å². The fraction of sp³-hybridized carbons (Fsp3) is 0.467. The third kappa shape index (κ3) is 4.66. The van der Waals surface area contributed by atoms with E-state index < -0.39 is 0 Å². The number of amides is 2. The smallest absolute Gasteiger partial charge is 0.279 e. The molecule has 2 amide bonds. The van der Waals surface area contributed by atoms with Gasteiger partial charge in [-0.05, 0) is 25.0 Å². The summed E-state index contributed by atoms with van der Waals surface area (Å²) in [5.41, 5.74) is 2.95. The molecule has 1 rings (SSSR count). The summed E-state index contributed by atoms with van der Waals surface area (Å²) in [6.45, 7) is 4.52. The molecule has 0 heterocycles. The number of nitrogens with one attached hydrogen (secondary N) is 2. The lowest BCUT2D eigenvalue weighted by Gasteiger charge is -2.17. The first-order chi connectivity index (χ1) is 9.31. The van der Waals surface area contributed by atoms with E-state index in [1.165, 1.54) is 4.90 Å². The molecule has 1 unspecified atom stereocenters. The van der Waals surface area contributed by atoms with E-state index in [2.05, 4.69) is 5.32 Å². The maximum Gasteiger partial charge on any atom is 0.279 e. The molecule has 5 nitrogen and oxygen atoms in total. The van der Waals surface area contributed by atoms with Gasteiger partial charge in [0.1, 0.15) is 0 Å². The van der Waals surface area contributed by atoms with Gasteiger partial charge in [-0.15, -0.1) is 0 Å². The Labute approximate surface area is 120 Å². The highest BCUT2D eigenvalue weighted by molar-refractivity contribution is 5.93. The number of likely N-dealkylation sites (N-methyl/N-ethyl adjacent to an activating group) is 2. The van der Waals surface area contributed by atoms with E-state index in [1.54, 1.807) is 14.1 Å².